The summed E-state index contributed by atoms with van der Waals surface area (Å²) in [6.07, 6.45) is 4.31. The Morgan fingerprint density at radius 1 is 1.45 bits per heavy atom. The molecule has 4 nitrogen and oxygen atoms in total. The van der Waals surface area contributed by atoms with Crippen molar-refractivity contribution in [1.29, 1.82) is 0 Å². The van der Waals surface area contributed by atoms with Crippen LogP contribution in [0.1, 0.15) is 13.8 Å². The molecule has 4 heteroatoms. The number of carbonyl (C=O) groups is 1. The zero-order chi connectivity index (χ0) is 8.32. The number of hydrogen-bond donors (Lipinski definition) is 0. The van der Waals surface area contributed by atoms with Crippen molar-refractivity contribution in [3.05, 3.63) is 0 Å². The molecule has 0 aromatic rings. The zero-order valence-corrected chi connectivity index (χ0v) is 6.69. The van der Waals surface area contributed by atoms with Gasteiger partial charge in [0.15, 0.2) is 0 Å². The summed E-state index contributed by atoms with van der Waals surface area (Å²) in [5, 5.41) is 9.26. The first-order chi connectivity index (χ1) is 5.14. The van der Waals surface area contributed by atoms with Gasteiger partial charge < -0.3 is 4.79 Å². The third-order valence-electron chi connectivity index (χ3n) is 1.29. The molecule has 0 radical (unpaired) electrons. The van der Waals surface area contributed by atoms with Gasteiger partial charge in [0.2, 0.25) is 0 Å². The number of rotatable bonds is 2. The van der Waals surface area contributed by atoms with Crippen LogP contribution in [0.25, 0.3) is 0 Å². The van der Waals surface area contributed by atoms with Gasteiger partial charge in [-0.2, -0.15) is 15.3 Å². The van der Waals surface area contributed by atoms with Gasteiger partial charge in [0.25, 0.3) is 0 Å². The molecular formula is C7H11N3O. The second kappa shape index (κ2) is 2.82. The highest BCUT2D eigenvalue weighted by Crippen LogP contribution is 2.12. The van der Waals surface area contributed by atoms with E-state index in [1.165, 1.54) is 5.12 Å². The summed E-state index contributed by atoms with van der Waals surface area (Å²) < 4.78 is 0. The second-order valence-corrected chi connectivity index (χ2v) is 3.03. The maximum absolute atomic E-state index is 10.0. The Morgan fingerprint density at radius 2 is 2.00 bits per heavy atom. The Hall–Kier alpha value is -1.19. The first-order valence-electron chi connectivity index (χ1n) is 3.45. The lowest BCUT2D eigenvalue weighted by Gasteiger charge is -2.20. The van der Waals surface area contributed by atoms with E-state index in [2.05, 4.69) is 10.2 Å². The van der Waals surface area contributed by atoms with Gasteiger partial charge in [-0.3, -0.25) is 0 Å². The van der Waals surface area contributed by atoms with Crippen LogP contribution in [0.15, 0.2) is 10.2 Å². The second-order valence-electron chi connectivity index (χ2n) is 3.03. The number of nitrogens with zero attached hydrogens (tertiary/aromatic N) is 3. The molecule has 0 spiro atoms. The maximum atomic E-state index is 10.0. The van der Waals surface area contributed by atoms with Crippen LogP contribution in [0.5, 0.6) is 0 Å². The van der Waals surface area contributed by atoms with Crippen molar-refractivity contribution in [3.8, 4) is 0 Å². The van der Waals surface area contributed by atoms with Crippen LogP contribution in [0, 0.1) is 5.41 Å². The summed E-state index contributed by atoms with van der Waals surface area (Å²) >= 11 is 0. The van der Waals surface area contributed by atoms with E-state index in [1.54, 1.807) is 12.4 Å². The van der Waals surface area contributed by atoms with Crippen molar-refractivity contribution in [2.24, 2.45) is 15.6 Å². The molecule has 1 aliphatic heterocycles. The molecule has 0 bridgehead atoms. The van der Waals surface area contributed by atoms with Crippen LogP contribution in [0.3, 0.4) is 0 Å². The molecule has 1 rings (SSSR count). The number of carbonyl (C=O) groups excluding carboxylic acids is 1. The molecule has 0 saturated carbocycles. The lowest BCUT2D eigenvalue weighted by Crippen LogP contribution is -2.26. The highest BCUT2D eigenvalue weighted by Gasteiger charge is 2.16. The Kier molecular flexibility index (Phi) is 2.03. The monoisotopic (exact) mass is 153 g/mol. The van der Waals surface area contributed by atoms with E-state index in [4.69, 9.17) is 0 Å². The summed E-state index contributed by atoms with van der Waals surface area (Å²) in [5.74, 6) is 0. The molecule has 0 aromatic heterocycles. The van der Waals surface area contributed by atoms with Crippen molar-refractivity contribution in [2.45, 2.75) is 13.8 Å². The molecule has 0 unspecified atom stereocenters. The van der Waals surface area contributed by atoms with Gasteiger partial charge >= 0.3 is 0 Å². The van der Waals surface area contributed by atoms with Gasteiger partial charge in [-0.1, -0.05) is 0 Å². The Labute approximate surface area is 65.6 Å². The van der Waals surface area contributed by atoms with E-state index in [-0.39, 0.29) is 12.0 Å². The van der Waals surface area contributed by atoms with Gasteiger partial charge in [0.1, 0.15) is 12.8 Å². The van der Waals surface area contributed by atoms with Gasteiger partial charge in [0, 0.05) is 17.8 Å². The van der Waals surface area contributed by atoms with Crippen molar-refractivity contribution < 1.29 is 4.79 Å². The van der Waals surface area contributed by atoms with Gasteiger partial charge in [-0.15, -0.1) is 0 Å². The minimum Gasteiger partial charge on any atom is -0.301 e. The molecule has 0 amide bonds. The standard InChI is InChI=1S/C7H11N3O/c1-7(2)5-8-10(3-4-11)9-6-7/h4-6H,3H2,1-2H3. The summed E-state index contributed by atoms with van der Waals surface area (Å²) in [4.78, 5) is 10.0. The molecular weight excluding hydrogens is 142 g/mol. The zero-order valence-electron chi connectivity index (χ0n) is 6.69. The highest BCUT2D eigenvalue weighted by atomic mass is 16.1. The van der Waals surface area contributed by atoms with Gasteiger partial charge in [0.05, 0.1) is 0 Å². The lowest BCUT2D eigenvalue weighted by molar-refractivity contribution is -0.108. The number of hydrazone groups is 2. The summed E-state index contributed by atoms with van der Waals surface area (Å²) in [7, 11) is 0. The molecule has 0 N–H and O–H groups in total. The van der Waals surface area contributed by atoms with Gasteiger partial charge in [-0.05, 0) is 13.8 Å². The average molecular weight is 153 g/mol. The van der Waals surface area contributed by atoms with E-state index in [1.807, 2.05) is 13.8 Å². The lowest BCUT2D eigenvalue weighted by atomic mass is 9.97. The summed E-state index contributed by atoms with van der Waals surface area (Å²) in [6, 6.07) is 0. The van der Waals surface area contributed by atoms with E-state index in [0.717, 1.165) is 6.29 Å². The van der Waals surface area contributed by atoms with E-state index >= 15 is 0 Å². The Morgan fingerprint density at radius 3 is 2.45 bits per heavy atom. The molecule has 0 atom stereocenters. The van der Waals surface area contributed by atoms with E-state index in [0.29, 0.717) is 0 Å². The highest BCUT2D eigenvalue weighted by molar-refractivity contribution is 5.88. The average Bonchev–Trinajstić information content (AvgIpc) is 1.94. The minimum atomic E-state index is -0.0839. The first-order valence-corrected chi connectivity index (χ1v) is 3.45. The van der Waals surface area contributed by atoms with Crippen LogP contribution < -0.4 is 0 Å². The molecule has 11 heavy (non-hydrogen) atoms. The minimum absolute atomic E-state index is 0.0839. The van der Waals surface area contributed by atoms with Crippen LogP contribution in [0.4, 0.5) is 0 Å². The molecule has 1 heterocycles. The maximum Gasteiger partial charge on any atom is 0.143 e. The molecule has 0 aliphatic carbocycles. The fraction of sp³-hybridized carbons (Fsp3) is 0.571. The quantitative estimate of drug-likeness (QED) is 0.542. The van der Waals surface area contributed by atoms with Crippen molar-refractivity contribution >= 4 is 18.7 Å². The van der Waals surface area contributed by atoms with E-state index in [9.17, 15) is 4.79 Å². The van der Waals surface area contributed by atoms with Crippen LogP contribution in [-0.2, 0) is 4.79 Å². The Balaban J connectivity index is 2.57. The Bertz CT molecular complexity index is 192. The van der Waals surface area contributed by atoms with Crippen LogP contribution in [-0.4, -0.2) is 30.4 Å². The number of hydrogen-bond acceptors (Lipinski definition) is 4. The van der Waals surface area contributed by atoms with Crippen molar-refractivity contribution in [3.63, 3.8) is 0 Å². The molecule has 0 aromatic carbocycles. The predicted octanol–water partition coefficient (Wildman–Crippen LogP) is 0.499. The molecule has 0 saturated heterocycles. The fourth-order valence-corrected chi connectivity index (χ4v) is 0.655. The van der Waals surface area contributed by atoms with Gasteiger partial charge in [-0.25, -0.2) is 0 Å². The predicted molar refractivity (Wildman–Crippen MR) is 43.5 cm³/mol. The first kappa shape index (κ1) is 7.91. The third kappa shape index (κ3) is 2.14. The normalized spacial score (nSPS) is 20.4. The summed E-state index contributed by atoms with van der Waals surface area (Å²) in [5.41, 5.74) is -0.0839. The van der Waals surface area contributed by atoms with E-state index < -0.39 is 0 Å². The van der Waals surface area contributed by atoms with Crippen molar-refractivity contribution in [1.82, 2.24) is 5.12 Å². The SMILES string of the molecule is CC1(C)C=NN(CC=O)N=C1. The summed E-state index contributed by atoms with van der Waals surface area (Å²) in [6.45, 7) is 4.22. The molecule has 0 fully saturated rings. The fourth-order valence-electron chi connectivity index (χ4n) is 0.655. The molecule has 1 aliphatic rings. The smallest absolute Gasteiger partial charge is 0.143 e. The van der Waals surface area contributed by atoms with Crippen molar-refractivity contribution in [2.75, 3.05) is 6.54 Å². The topological polar surface area (TPSA) is 45.0 Å². The van der Waals surface area contributed by atoms with Crippen LogP contribution in [0.2, 0.25) is 0 Å². The van der Waals surface area contributed by atoms with Crippen LogP contribution >= 0.6 is 0 Å². The number of aldehydes is 1. The largest absolute Gasteiger partial charge is 0.301 e. The third-order valence-corrected chi connectivity index (χ3v) is 1.29. The molecule has 60 valence electrons.